The first-order valence-electron chi connectivity index (χ1n) is 6.92. The van der Waals surface area contributed by atoms with Crippen molar-refractivity contribution < 1.29 is 0 Å². The molecule has 0 aliphatic heterocycles. The minimum Gasteiger partial charge on any atom is -0.375 e. The van der Waals surface area contributed by atoms with E-state index in [1.54, 1.807) is 0 Å². The fourth-order valence-corrected chi connectivity index (χ4v) is 1.94. The maximum Gasteiger partial charge on any atom is 0.182 e. The fraction of sp³-hybridized carbons (Fsp3) is 0.235. The Morgan fingerprint density at radius 3 is 2.05 bits per heavy atom. The minimum atomic E-state index is 0.230. The zero-order valence-electron chi connectivity index (χ0n) is 12.8. The van der Waals surface area contributed by atoms with Gasteiger partial charge in [0.15, 0.2) is 5.11 Å². The highest BCUT2D eigenvalue weighted by molar-refractivity contribution is 7.80. The Kier molecular flexibility index (Phi) is 7.26. The molecule has 0 radical (unpaired) electrons. The lowest BCUT2D eigenvalue weighted by molar-refractivity contribution is 0.856. The molecule has 0 amide bonds. The summed E-state index contributed by atoms with van der Waals surface area (Å²) in [7, 11) is 0. The molecule has 3 nitrogen and oxygen atoms in total. The number of hydrazine groups is 1. The maximum atomic E-state index is 5.20. The molecule has 0 bridgehead atoms. The summed E-state index contributed by atoms with van der Waals surface area (Å²) in [5, 5.41) is 0.230. The zero-order valence-corrected chi connectivity index (χ0v) is 13.6. The average Bonchev–Trinajstić information content (AvgIpc) is 2.47. The van der Waals surface area contributed by atoms with Crippen LogP contribution >= 0.6 is 12.2 Å². The van der Waals surface area contributed by atoms with Crippen molar-refractivity contribution >= 4 is 23.0 Å². The van der Waals surface area contributed by atoms with E-state index in [1.165, 1.54) is 11.1 Å². The van der Waals surface area contributed by atoms with Crippen LogP contribution in [0, 0.1) is 6.92 Å². The highest BCUT2D eigenvalue weighted by atomic mass is 32.1. The molecule has 0 saturated carbocycles. The Morgan fingerprint density at radius 1 is 1.00 bits per heavy atom. The SMILES string of the molecule is Cc1ccccc1C(C)C.NC(=S)NNc1ccccc1. The molecule has 0 aliphatic rings. The number of nitrogens with two attached hydrogens (primary N) is 1. The smallest absolute Gasteiger partial charge is 0.182 e. The van der Waals surface area contributed by atoms with Crippen LogP contribution in [0.4, 0.5) is 5.69 Å². The molecule has 4 N–H and O–H groups in total. The van der Waals surface area contributed by atoms with Gasteiger partial charge >= 0.3 is 0 Å². The highest BCUT2D eigenvalue weighted by Crippen LogP contribution is 2.17. The second kappa shape index (κ2) is 8.97. The lowest BCUT2D eigenvalue weighted by Crippen LogP contribution is -2.33. The first-order chi connectivity index (χ1) is 10.0. The summed E-state index contributed by atoms with van der Waals surface area (Å²) >= 11 is 4.60. The monoisotopic (exact) mass is 301 g/mol. The lowest BCUT2D eigenvalue weighted by atomic mass is 9.99. The van der Waals surface area contributed by atoms with Crippen molar-refractivity contribution in [1.29, 1.82) is 0 Å². The third kappa shape index (κ3) is 6.77. The molecule has 0 spiro atoms. The van der Waals surface area contributed by atoms with Gasteiger partial charge in [-0.1, -0.05) is 56.3 Å². The number of hydrogen-bond acceptors (Lipinski definition) is 2. The van der Waals surface area contributed by atoms with Gasteiger partial charge in [-0.05, 0) is 48.3 Å². The van der Waals surface area contributed by atoms with E-state index in [-0.39, 0.29) is 5.11 Å². The fourth-order valence-electron chi connectivity index (χ4n) is 1.89. The van der Waals surface area contributed by atoms with Gasteiger partial charge in [0.25, 0.3) is 0 Å². The summed E-state index contributed by atoms with van der Waals surface area (Å²) in [6, 6.07) is 18.1. The van der Waals surface area contributed by atoms with E-state index in [0.29, 0.717) is 5.92 Å². The third-order valence-electron chi connectivity index (χ3n) is 2.91. The quantitative estimate of drug-likeness (QED) is 0.593. The molecule has 2 aromatic carbocycles. The Bertz CT molecular complexity index is 553. The largest absolute Gasteiger partial charge is 0.375 e. The highest BCUT2D eigenvalue weighted by Gasteiger charge is 1.99. The molecule has 0 fully saturated rings. The second-order valence-corrected chi connectivity index (χ2v) is 5.43. The lowest BCUT2D eigenvalue weighted by Gasteiger charge is -2.07. The summed E-state index contributed by atoms with van der Waals surface area (Å²) in [6.45, 7) is 6.61. The zero-order chi connectivity index (χ0) is 15.7. The van der Waals surface area contributed by atoms with Crippen LogP contribution in [0.15, 0.2) is 54.6 Å². The molecular weight excluding hydrogens is 278 g/mol. The molecule has 0 aliphatic carbocycles. The summed E-state index contributed by atoms with van der Waals surface area (Å²) in [5.41, 5.74) is 14.4. The molecule has 2 rings (SSSR count). The molecule has 0 unspecified atom stereocenters. The van der Waals surface area contributed by atoms with E-state index in [4.69, 9.17) is 5.73 Å². The van der Waals surface area contributed by atoms with E-state index in [0.717, 1.165) is 5.69 Å². The van der Waals surface area contributed by atoms with Gasteiger partial charge in [-0.3, -0.25) is 10.9 Å². The topological polar surface area (TPSA) is 50.1 Å². The van der Waals surface area contributed by atoms with E-state index in [1.807, 2.05) is 30.3 Å². The average molecular weight is 301 g/mol. The third-order valence-corrected chi connectivity index (χ3v) is 3.02. The first kappa shape index (κ1) is 17.0. The van der Waals surface area contributed by atoms with Crippen molar-refractivity contribution in [3.05, 3.63) is 65.7 Å². The minimum absolute atomic E-state index is 0.230. The molecule has 0 saturated heterocycles. The van der Waals surface area contributed by atoms with Crippen molar-refractivity contribution in [2.75, 3.05) is 5.43 Å². The number of hydrogen-bond donors (Lipinski definition) is 3. The maximum absolute atomic E-state index is 5.20. The molecule has 0 aromatic heterocycles. The van der Waals surface area contributed by atoms with Crippen LogP contribution in [0.1, 0.15) is 30.9 Å². The Balaban J connectivity index is 0.000000211. The summed E-state index contributed by atoms with van der Waals surface area (Å²) in [4.78, 5) is 0. The van der Waals surface area contributed by atoms with Gasteiger partial charge < -0.3 is 5.73 Å². The van der Waals surface area contributed by atoms with Crippen LogP contribution < -0.4 is 16.6 Å². The Labute approximate surface area is 132 Å². The Morgan fingerprint density at radius 2 is 1.57 bits per heavy atom. The standard InChI is InChI=1S/C10H14.C7H9N3S/c1-8(2)10-7-5-4-6-9(10)3;8-7(11)10-9-6-4-2-1-3-5-6/h4-8H,1-3H3;1-5,9H,(H3,8,10,11). The first-order valence-corrected chi connectivity index (χ1v) is 7.33. The number of benzene rings is 2. The van der Waals surface area contributed by atoms with Crippen LogP contribution in [0.5, 0.6) is 0 Å². The van der Waals surface area contributed by atoms with Crippen molar-refractivity contribution in [3.63, 3.8) is 0 Å². The number of para-hydroxylation sites is 1. The molecule has 21 heavy (non-hydrogen) atoms. The van der Waals surface area contributed by atoms with Crippen molar-refractivity contribution in [2.45, 2.75) is 26.7 Å². The van der Waals surface area contributed by atoms with Gasteiger partial charge in [0, 0.05) is 0 Å². The number of anilines is 1. The molecular formula is C17H23N3S. The normalized spacial score (nSPS) is 9.52. The van der Waals surface area contributed by atoms with Gasteiger partial charge in [0.05, 0.1) is 5.69 Å². The summed E-state index contributed by atoms with van der Waals surface area (Å²) < 4.78 is 0. The number of nitrogens with one attached hydrogen (secondary N) is 2. The van der Waals surface area contributed by atoms with Gasteiger partial charge in [-0.25, -0.2) is 0 Å². The van der Waals surface area contributed by atoms with Gasteiger partial charge in [-0.2, -0.15) is 0 Å². The molecule has 2 aromatic rings. The summed E-state index contributed by atoms with van der Waals surface area (Å²) in [5.74, 6) is 0.654. The predicted octanol–water partition coefficient (Wildman–Crippen LogP) is 3.97. The van der Waals surface area contributed by atoms with Crippen LogP contribution in [-0.2, 0) is 0 Å². The van der Waals surface area contributed by atoms with Crippen molar-refractivity contribution in [3.8, 4) is 0 Å². The van der Waals surface area contributed by atoms with E-state index >= 15 is 0 Å². The Hall–Kier alpha value is -2.07. The molecule has 4 heteroatoms. The number of rotatable bonds is 3. The van der Waals surface area contributed by atoms with Gasteiger partial charge in [0.2, 0.25) is 0 Å². The van der Waals surface area contributed by atoms with E-state index in [2.05, 4.69) is 68.1 Å². The van der Waals surface area contributed by atoms with Gasteiger partial charge in [-0.15, -0.1) is 0 Å². The molecule has 0 atom stereocenters. The molecule has 112 valence electrons. The van der Waals surface area contributed by atoms with Crippen molar-refractivity contribution in [2.24, 2.45) is 5.73 Å². The molecule has 0 heterocycles. The predicted molar refractivity (Wildman–Crippen MR) is 95.3 cm³/mol. The number of thiocarbonyl (C=S) groups is 1. The van der Waals surface area contributed by atoms with Crippen LogP contribution in [0.25, 0.3) is 0 Å². The van der Waals surface area contributed by atoms with E-state index < -0.39 is 0 Å². The summed E-state index contributed by atoms with van der Waals surface area (Å²) in [6.07, 6.45) is 0. The van der Waals surface area contributed by atoms with E-state index in [9.17, 15) is 0 Å². The van der Waals surface area contributed by atoms with Crippen molar-refractivity contribution in [1.82, 2.24) is 5.43 Å². The van der Waals surface area contributed by atoms with Gasteiger partial charge in [0.1, 0.15) is 0 Å². The second-order valence-electron chi connectivity index (χ2n) is 4.99. The number of aryl methyl sites for hydroxylation is 1. The van der Waals surface area contributed by atoms with Crippen LogP contribution in [0.2, 0.25) is 0 Å². The van der Waals surface area contributed by atoms with Crippen LogP contribution in [-0.4, -0.2) is 5.11 Å². The van der Waals surface area contributed by atoms with Crippen LogP contribution in [0.3, 0.4) is 0 Å².